The molecule has 0 aliphatic heterocycles. The highest BCUT2D eigenvalue weighted by atomic mass is 16.5. The van der Waals surface area contributed by atoms with Crippen LogP contribution in [0.1, 0.15) is 17.0 Å². The molecule has 0 amide bonds. The molecule has 6 nitrogen and oxygen atoms in total. The average Bonchev–Trinajstić information content (AvgIpc) is 2.75. The number of aromatic nitrogens is 2. The summed E-state index contributed by atoms with van der Waals surface area (Å²) in [7, 11) is 1.11. The Morgan fingerprint density at radius 2 is 2.10 bits per heavy atom. The fourth-order valence-corrected chi connectivity index (χ4v) is 1.98. The van der Waals surface area contributed by atoms with Crippen molar-refractivity contribution in [2.45, 2.75) is 13.8 Å². The number of rotatable bonds is 3. The second-order valence-corrected chi connectivity index (χ2v) is 4.32. The van der Waals surface area contributed by atoms with E-state index in [4.69, 9.17) is 0 Å². The maximum atomic E-state index is 11.5. The quantitative estimate of drug-likeness (QED) is 0.398. The molecule has 0 saturated carbocycles. The number of nitrogens with zero attached hydrogens (tertiary/aromatic N) is 2. The highest BCUT2D eigenvalue weighted by Gasteiger charge is 2.17. The summed E-state index contributed by atoms with van der Waals surface area (Å²) >= 11 is 0. The lowest BCUT2D eigenvalue weighted by Gasteiger charge is -2.03. The number of hydrogen-bond acceptors (Lipinski definition) is 5. The first kappa shape index (κ1) is 13.8. The van der Waals surface area contributed by atoms with Crippen LogP contribution in [0.15, 0.2) is 24.4 Å². The highest BCUT2D eigenvalue weighted by Crippen LogP contribution is 2.20. The number of imidazole rings is 1. The minimum absolute atomic E-state index is 0.323. The monoisotopic (exact) mass is 274 g/mol. The number of carbonyl (C=O) groups excluding carboxylic acids is 2. The molecule has 2 rings (SSSR count). The van der Waals surface area contributed by atoms with E-state index in [-0.39, 0.29) is 5.76 Å². The lowest BCUT2D eigenvalue weighted by molar-refractivity contribution is -0.149. The van der Waals surface area contributed by atoms with E-state index in [1.807, 2.05) is 19.1 Å². The molecule has 0 spiro atoms. The van der Waals surface area contributed by atoms with Crippen molar-refractivity contribution in [3.05, 3.63) is 41.4 Å². The topological polar surface area (TPSA) is 80.9 Å². The smallest absolute Gasteiger partial charge is 0.378 e. The van der Waals surface area contributed by atoms with Gasteiger partial charge in [-0.15, -0.1) is 0 Å². The number of carbonyl (C=O) groups is 2. The normalized spacial score (nSPS) is 11.7. The third-order valence-corrected chi connectivity index (χ3v) is 2.92. The van der Waals surface area contributed by atoms with Crippen LogP contribution in [0, 0.1) is 13.8 Å². The Morgan fingerprint density at radius 3 is 2.75 bits per heavy atom. The maximum absolute atomic E-state index is 11.5. The molecular formula is C14H14N2O4. The molecular weight excluding hydrogens is 260 g/mol. The minimum Gasteiger partial charge on any atom is -0.506 e. The molecule has 1 N–H and O–H groups in total. The van der Waals surface area contributed by atoms with E-state index < -0.39 is 11.8 Å². The van der Waals surface area contributed by atoms with Gasteiger partial charge in [0.1, 0.15) is 17.1 Å². The van der Waals surface area contributed by atoms with Gasteiger partial charge in [-0.05, 0) is 25.5 Å². The van der Waals surface area contributed by atoms with Crippen LogP contribution in [0.5, 0.6) is 0 Å². The second-order valence-electron chi connectivity index (χ2n) is 4.32. The Morgan fingerprint density at radius 1 is 1.40 bits per heavy atom. The van der Waals surface area contributed by atoms with Gasteiger partial charge in [-0.2, -0.15) is 0 Å². The molecule has 2 aromatic heterocycles. The van der Waals surface area contributed by atoms with Crippen molar-refractivity contribution < 1.29 is 19.4 Å². The largest absolute Gasteiger partial charge is 0.506 e. The zero-order chi connectivity index (χ0) is 14.9. The number of methoxy groups -OCH3 is 1. The van der Waals surface area contributed by atoms with Gasteiger partial charge in [0.15, 0.2) is 0 Å². The Labute approximate surface area is 115 Å². The number of pyridine rings is 1. The second kappa shape index (κ2) is 5.16. The van der Waals surface area contributed by atoms with E-state index in [0.717, 1.165) is 18.7 Å². The first-order valence-corrected chi connectivity index (χ1v) is 5.93. The number of aliphatic hydroxyl groups is 1. The summed E-state index contributed by atoms with van der Waals surface area (Å²) in [5.41, 5.74) is 2.56. The fraction of sp³-hybridized carbons (Fsp3) is 0.214. The first-order chi connectivity index (χ1) is 9.45. The van der Waals surface area contributed by atoms with E-state index >= 15 is 0 Å². The summed E-state index contributed by atoms with van der Waals surface area (Å²) in [6.45, 7) is 3.61. The Bertz CT molecular complexity index is 728. The molecule has 0 fully saturated rings. The van der Waals surface area contributed by atoms with Gasteiger partial charge >= 0.3 is 5.97 Å². The van der Waals surface area contributed by atoms with Gasteiger partial charge in [0.25, 0.3) is 5.78 Å². The SMILES string of the molecule is COC(=O)C(=O)/C=C(\O)c1c(C)nc2c(C)cccn12. The van der Waals surface area contributed by atoms with Crippen molar-refractivity contribution >= 4 is 23.2 Å². The van der Waals surface area contributed by atoms with E-state index in [9.17, 15) is 14.7 Å². The minimum atomic E-state index is -1.03. The van der Waals surface area contributed by atoms with Crippen LogP contribution in [-0.2, 0) is 14.3 Å². The standard InChI is InChI=1S/C14H14N2O4/c1-8-5-4-6-16-12(9(2)15-13(8)16)10(17)7-11(18)14(19)20-3/h4-7,17H,1-3H3/b10-7-. The zero-order valence-corrected chi connectivity index (χ0v) is 11.4. The number of ketones is 1. The highest BCUT2D eigenvalue weighted by molar-refractivity contribution is 6.39. The number of ether oxygens (including phenoxy) is 1. The van der Waals surface area contributed by atoms with Crippen LogP contribution in [0.3, 0.4) is 0 Å². The van der Waals surface area contributed by atoms with Crippen molar-refractivity contribution in [3.63, 3.8) is 0 Å². The van der Waals surface area contributed by atoms with E-state index in [1.54, 1.807) is 17.5 Å². The Hall–Kier alpha value is -2.63. The average molecular weight is 274 g/mol. The summed E-state index contributed by atoms with van der Waals surface area (Å²) in [5.74, 6) is -2.28. The van der Waals surface area contributed by atoms with Crippen LogP contribution in [0.25, 0.3) is 11.4 Å². The summed E-state index contributed by atoms with van der Waals surface area (Å²) in [6.07, 6.45) is 2.56. The molecule has 0 bridgehead atoms. The Balaban J connectivity index is 2.55. The molecule has 0 unspecified atom stereocenters. The molecule has 104 valence electrons. The van der Waals surface area contributed by atoms with Crippen LogP contribution >= 0.6 is 0 Å². The third-order valence-electron chi connectivity index (χ3n) is 2.92. The van der Waals surface area contributed by atoms with Crippen LogP contribution in [0.4, 0.5) is 0 Å². The number of esters is 1. The van der Waals surface area contributed by atoms with Crippen LogP contribution in [0.2, 0.25) is 0 Å². The van der Waals surface area contributed by atoms with Crippen molar-refractivity contribution in [2.24, 2.45) is 0 Å². The number of hydrogen-bond donors (Lipinski definition) is 1. The maximum Gasteiger partial charge on any atom is 0.378 e. The molecule has 0 aliphatic carbocycles. The van der Waals surface area contributed by atoms with Gasteiger partial charge in [0, 0.05) is 12.3 Å². The molecule has 2 heterocycles. The van der Waals surface area contributed by atoms with E-state index in [0.29, 0.717) is 17.0 Å². The number of aryl methyl sites for hydroxylation is 2. The van der Waals surface area contributed by atoms with Gasteiger partial charge in [-0.1, -0.05) is 6.07 Å². The van der Waals surface area contributed by atoms with Gasteiger partial charge in [0.2, 0.25) is 0 Å². The van der Waals surface area contributed by atoms with Gasteiger partial charge < -0.3 is 9.84 Å². The molecule has 0 aliphatic rings. The molecule has 0 aromatic carbocycles. The summed E-state index contributed by atoms with van der Waals surface area (Å²) in [4.78, 5) is 26.9. The molecule has 0 saturated heterocycles. The number of aliphatic hydroxyl groups excluding tert-OH is 1. The molecule has 2 aromatic rings. The van der Waals surface area contributed by atoms with Crippen LogP contribution in [-0.4, -0.2) is 33.4 Å². The lowest BCUT2D eigenvalue weighted by Crippen LogP contribution is -2.13. The van der Waals surface area contributed by atoms with Gasteiger partial charge in [-0.3, -0.25) is 9.20 Å². The van der Waals surface area contributed by atoms with Gasteiger partial charge in [0.05, 0.1) is 12.8 Å². The van der Waals surface area contributed by atoms with E-state index in [1.165, 1.54) is 0 Å². The lowest BCUT2D eigenvalue weighted by atomic mass is 10.2. The van der Waals surface area contributed by atoms with E-state index in [2.05, 4.69) is 9.72 Å². The third kappa shape index (κ3) is 2.27. The van der Waals surface area contributed by atoms with Crippen molar-refractivity contribution in [1.82, 2.24) is 9.38 Å². The molecule has 6 heteroatoms. The predicted octanol–water partition coefficient (Wildman–Crippen LogP) is 1.59. The number of fused-ring (bicyclic) bond motifs is 1. The summed E-state index contributed by atoms with van der Waals surface area (Å²) in [6, 6.07) is 3.70. The van der Waals surface area contributed by atoms with Crippen LogP contribution < -0.4 is 0 Å². The summed E-state index contributed by atoms with van der Waals surface area (Å²) in [5, 5.41) is 10.1. The van der Waals surface area contributed by atoms with Crippen molar-refractivity contribution in [1.29, 1.82) is 0 Å². The molecule has 20 heavy (non-hydrogen) atoms. The fourth-order valence-electron chi connectivity index (χ4n) is 1.98. The zero-order valence-electron chi connectivity index (χ0n) is 11.4. The van der Waals surface area contributed by atoms with Crippen molar-refractivity contribution in [3.8, 4) is 0 Å². The van der Waals surface area contributed by atoms with Crippen molar-refractivity contribution in [2.75, 3.05) is 7.11 Å². The predicted molar refractivity (Wildman–Crippen MR) is 72.3 cm³/mol. The summed E-state index contributed by atoms with van der Waals surface area (Å²) < 4.78 is 5.97. The first-order valence-electron chi connectivity index (χ1n) is 5.93. The Kier molecular flexibility index (Phi) is 3.56. The van der Waals surface area contributed by atoms with Gasteiger partial charge in [-0.25, -0.2) is 9.78 Å². The molecule has 0 atom stereocenters. The molecule has 0 radical (unpaired) electrons.